The lowest BCUT2D eigenvalue weighted by Gasteiger charge is -2.13. The lowest BCUT2D eigenvalue weighted by atomic mass is 10.1. The first-order chi connectivity index (χ1) is 8.24. The van der Waals surface area contributed by atoms with Crippen LogP contribution in [0.5, 0.6) is 0 Å². The lowest BCUT2D eigenvalue weighted by molar-refractivity contribution is 0.481. The molecule has 2 nitrogen and oxygen atoms in total. The molecule has 1 unspecified atom stereocenters. The molecule has 1 atom stereocenters. The predicted octanol–water partition coefficient (Wildman–Crippen LogP) is 4.29. The molecule has 0 aliphatic heterocycles. The first kappa shape index (κ1) is 14.7. The summed E-state index contributed by atoms with van der Waals surface area (Å²) < 4.78 is 0. The van der Waals surface area contributed by atoms with Crippen molar-refractivity contribution >= 4 is 11.3 Å². The van der Waals surface area contributed by atoms with Gasteiger partial charge in [-0.05, 0) is 20.3 Å². The first-order valence-corrected chi connectivity index (χ1v) is 7.74. The molecule has 0 aliphatic carbocycles. The van der Waals surface area contributed by atoms with E-state index >= 15 is 0 Å². The summed E-state index contributed by atoms with van der Waals surface area (Å²) in [5.41, 5.74) is 3.11. The van der Waals surface area contributed by atoms with Crippen molar-refractivity contribution in [1.82, 2.24) is 10.3 Å². The van der Waals surface area contributed by atoms with Gasteiger partial charge in [-0.1, -0.05) is 39.0 Å². The van der Waals surface area contributed by atoms with E-state index in [2.05, 4.69) is 31.1 Å². The highest BCUT2D eigenvalue weighted by Gasteiger charge is 2.04. The maximum Gasteiger partial charge on any atom is 0.0798 e. The lowest BCUT2D eigenvalue weighted by Crippen LogP contribution is -2.25. The van der Waals surface area contributed by atoms with Gasteiger partial charge < -0.3 is 5.32 Å². The molecule has 0 fully saturated rings. The van der Waals surface area contributed by atoms with Crippen molar-refractivity contribution in [2.45, 2.75) is 71.9 Å². The number of nitrogens with one attached hydrogen (secondary N) is 1. The number of nitrogens with zero attached hydrogens (tertiary/aromatic N) is 1. The highest BCUT2D eigenvalue weighted by atomic mass is 32.1. The molecule has 0 bridgehead atoms. The highest BCUT2D eigenvalue weighted by Crippen LogP contribution is 2.12. The standard InChI is InChI=1S/C14H26N2S/c1-4-5-6-7-8-9-12(2)15-10-14-13(3)16-11-17-14/h11-12,15H,4-10H2,1-3H3. The van der Waals surface area contributed by atoms with Crippen LogP contribution < -0.4 is 5.32 Å². The average Bonchev–Trinajstić information content (AvgIpc) is 2.72. The van der Waals surface area contributed by atoms with Gasteiger partial charge >= 0.3 is 0 Å². The first-order valence-electron chi connectivity index (χ1n) is 6.86. The van der Waals surface area contributed by atoms with Gasteiger partial charge in [0, 0.05) is 17.5 Å². The number of hydrogen-bond acceptors (Lipinski definition) is 3. The van der Waals surface area contributed by atoms with Crippen molar-refractivity contribution < 1.29 is 0 Å². The van der Waals surface area contributed by atoms with Crippen LogP contribution in [-0.2, 0) is 6.54 Å². The number of thiazole rings is 1. The Kier molecular flexibility index (Phi) is 7.45. The van der Waals surface area contributed by atoms with E-state index in [-0.39, 0.29) is 0 Å². The summed E-state index contributed by atoms with van der Waals surface area (Å²) in [5.74, 6) is 0. The summed E-state index contributed by atoms with van der Waals surface area (Å²) in [5, 5.41) is 3.59. The van der Waals surface area contributed by atoms with Gasteiger partial charge in [-0.2, -0.15) is 0 Å². The van der Waals surface area contributed by atoms with Gasteiger partial charge in [0.2, 0.25) is 0 Å². The molecule has 1 N–H and O–H groups in total. The maximum atomic E-state index is 4.27. The molecule has 0 saturated carbocycles. The van der Waals surface area contributed by atoms with Crippen LogP contribution in [0.1, 0.15) is 62.9 Å². The number of unbranched alkanes of at least 4 members (excludes halogenated alkanes) is 4. The molecule has 98 valence electrons. The third kappa shape index (κ3) is 6.18. The third-order valence-corrected chi connectivity index (χ3v) is 4.13. The second-order valence-corrected chi connectivity index (χ2v) is 5.79. The molecule has 1 aromatic rings. The minimum Gasteiger partial charge on any atom is -0.309 e. The van der Waals surface area contributed by atoms with Gasteiger partial charge in [0.1, 0.15) is 0 Å². The summed E-state index contributed by atoms with van der Waals surface area (Å²) >= 11 is 1.75. The van der Waals surface area contributed by atoms with E-state index < -0.39 is 0 Å². The number of aromatic nitrogens is 1. The largest absolute Gasteiger partial charge is 0.309 e. The fourth-order valence-electron chi connectivity index (χ4n) is 1.92. The molecule has 0 radical (unpaired) electrons. The van der Waals surface area contributed by atoms with Crippen LogP contribution in [0, 0.1) is 6.92 Å². The van der Waals surface area contributed by atoms with Crippen LogP contribution in [0.15, 0.2) is 5.51 Å². The molecule has 1 heterocycles. The van der Waals surface area contributed by atoms with Gasteiger partial charge in [-0.3, -0.25) is 0 Å². The van der Waals surface area contributed by atoms with Gasteiger partial charge in [0.25, 0.3) is 0 Å². The molecule has 0 aromatic carbocycles. The minimum atomic E-state index is 0.623. The van der Waals surface area contributed by atoms with Gasteiger partial charge in [-0.15, -0.1) is 11.3 Å². The van der Waals surface area contributed by atoms with E-state index in [0.717, 1.165) is 6.54 Å². The molecule has 1 aromatic heterocycles. The number of aryl methyl sites for hydroxylation is 1. The van der Waals surface area contributed by atoms with E-state index in [9.17, 15) is 0 Å². The monoisotopic (exact) mass is 254 g/mol. The SMILES string of the molecule is CCCCCCCC(C)NCc1scnc1C. The number of rotatable bonds is 9. The van der Waals surface area contributed by atoms with Crippen molar-refractivity contribution in [3.05, 3.63) is 16.1 Å². The maximum absolute atomic E-state index is 4.27. The van der Waals surface area contributed by atoms with Crippen molar-refractivity contribution in [2.75, 3.05) is 0 Å². The van der Waals surface area contributed by atoms with Crippen LogP contribution in [0.2, 0.25) is 0 Å². The minimum absolute atomic E-state index is 0.623. The molecule has 0 amide bonds. The average molecular weight is 254 g/mol. The van der Waals surface area contributed by atoms with Crippen molar-refractivity contribution in [3.63, 3.8) is 0 Å². The summed E-state index contributed by atoms with van der Waals surface area (Å²) in [7, 11) is 0. The molecule has 17 heavy (non-hydrogen) atoms. The van der Waals surface area contributed by atoms with E-state index in [1.54, 1.807) is 11.3 Å². The van der Waals surface area contributed by atoms with Crippen LogP contribution in [-0.4, -0.2) is 11.0 Å². The fraction of sp³-hybridized carbons (Fsp3) is 0.786. The predicted molar refractivity (Wildman–Crippen MR) is 76.5 cm³/mol. The van der Waals surface area contributed by atoms with E-state index in [4.69, 9.17) is 0 Å². The molecule has 3 heteroatoms. The topological polar surface area (TPSA) is 24.9 Å². The van der Waals surface area contributed by atoms with Crippen molar-refractivity contribution in [1.29, 1.82) is 0 Å². The second kappa shape index (κ2) is 8.65. The normalized spacial score (nSPS) is 12.9. The smallest absolute Gasteiger partial charge is 0.0798 e. The summed E-state index contributed by atoms with van der Waals surface area (Å²) in [4.78, 5) is 5.65. The molecular formula is C14H26N2S. The quantitative estimate of drug-likeness (QED) is 0.665. The molecule has 0 saturated heterocycles. The Bertz CT molecular complexity index is 296. The van der Waals surface area contributed by atoms with Crippen molar-refractivity contribution in [3.8, 4) is 0 Å². The zero-order valence-corrected chi connectivity index (χ0v) is 12.3. The Balaban J connectivity index is 2.05. The Morgan fingerprint density at radius 1 is 1.29 bits per heavy atom. The third-order valence-electron chi connectivity index (χ3n) is 3.20. The summed E-state index contributed by atoms with van der Waals surface area (Å²) in [6.07, 6.45) is 8.16. The Morgan fingerprint density at radius 2 is 2.06 bits per heavy atom. The highest BCUT2D eigenvalue weighted by molar-refractivity contribution is 7.09. The van der Waals surface area contributed by atoms with Crippen LogP contribution in [0.3, 0.4) is 0 Å². The Hall–Kier alpha value is -0.410. The molecule has 1 rings (SSSR count). The van der Waals surface area contributed by atoms with Crippen LogP contribution in [0.4, 0.5) is 0 Å². The van der Waals surface area contributed by atoms with Crippen LogP contribution >= 0.6 is 11.3 Å². The summed E-state index contributed by atoms with van der Waals surface area (Å²) in [6, 6.07) is 0.623. The van der Waals surface area contributed by atoms with Gasteiger partial charge in [-0.25, -0.2) is 4.98 Å². The molecular weight excluding hydrogens is 228 g/mol. The zero-order chi connectivity index (χ0) is 12.5. The number of hydrogen-bond donors (Lipinski definition) is 1. The van der Waals surface area contributed by atoms with Gasteiger partial charge in [0.15, 0.2) is 0 Å². The van der Waals surface area contributed by atoms with Crippen LogP contribution in [0.25, 0.3) is 0 Å². The van der Waals surface area contributed by atoms with Gasteiger partial charge in [0.05, 0.1) is 11.2 Å². The molecule has 0 spiro atoms. The van der Waals surface area contributed by atoms with E-state index in [1.165, 1.54) is 49.1 Å². The van der Waals surface area contributed by atoms with E-state index in [1.807, 2.05) is 5.51 Å². The summed E-state index contributed by atoms with van der Waals surface area (Å²) in [6.45, 7) is 7.62. The Morgan fingerprint density at radius 3 is 2.71 bits per heavy atom. The van der Waals surface area contributed by atoms with E-state index in [0.29, 0.717) is 6.04 Å². The second-order valence-electron chi connectivity index (χ2n) is 4.85. The Labute approximate surface area is 110 Å². The molecule has 0 aliphatic rings. The fourth-order valence-corrected chi connectivity index (χ4v) is 2.65. The zero-order valence-electron chi connectivity index (χ0n) is 11.5. The van der Waals surface area contributed by atoms with Crippen molar-refractivity contribution in [2.24, 2.45) is 0 Å².